The molecular formula is C14H21IN+. The molecule has 1 unspecified atom stereocenters. The van der Waals surface area contributed by atoms with Crippen LogP contribution in [0.3, 0.4) is 0 Å². The summed E-state index contributed by atoms with van der Waals surface area (Å²) >= 11 is 2.58. The lowest BCUT2D eigenvalue weighted by Crippen LogP contribution is -2.54. The van der Waals surface area contributed by atoms with Crippen LogP contribution in [0, 0.1) is 12.3 Å². The van der Waals surface area contributed by atoms with Crippen molar-refractivity contribution in [3.8, 4) is 12.3 Å². The Morgan fingerprint density at radius 1 is 1.38 bits per heavy atom. The Morgan fingerprint density at radius 2 is 2.06 bits per heavy atom. The van der Waals surface area contributed by atoms with Crippen LogP contribution >= 0.6 is 22.6 Å². The molecule has 0 amide bonds. The zero-order valence-electron chi connectivity index (χ0n) is 10.2. The third-order valence-corrected chi connectivity index (χ3v) is 4.61. The second-order valence-corrected chi connectivity index (χ2v) is 6.67. The standard InChI is InChI=1S/C14H21IN/c1-4-12-16(5-2,6-3)13-14(15)10-8-7-9-11-14/h1,7-10H,5-6,11-13H2,2-3H3/q+1. The van der Waals surface area contributed by atoms with Crippen LogP contribution in [0.1, 0.15) is 20.3 Å². The monoisotopic (exact) mass is 330 g/mol. The summed E-state index contributed by atoms with van der Waals surface area (Å²) in [6.07, 6.45) is 15.5. The summed E-state index contributed by atoms with van der Waals surface area (Å²) in [4.78, 5) is 0. The summed E-state index contributed by atoms with van der Waals surface area (Å²) < 4.78 is 1.27. The van der Waals surface area contributed by atoms with Gasteiger partial charge in [-0.25, -0.2) is 0 Å². The third kappa shape index (κ3) is 3.36. The maximum atomic E-state index is 5.51. The fourth-order valence-corrected chi connectivity index (χ4v) is 3.42. The van der Waals surface area contributed by atoms with Gasteiger partial charge in [-0.2, -0.15) is 0 Å². The van der Waals surface area contributed by atoms with Gasteiger partial charge in [-0.15, -0.1) is 6.42 Å². The van der Waals surface area contributed by atoms with Gasteiger partial charge < -0.3 is 4.48 Å². The molecule has 0 N–H and O–H groups in total. The van der Waals surface area contributed by atoms with Gasteiger partial charge in [0.05, 0.1) is 23.1 Å². The smallest absolute Gasteiger partial charge is 0.140 e. The quantitative estimate of drug-likeness (QED) is 0.314. The zero-order valence-corrected chi connectivity index (χ0v) is 12.4. The average molecular weight is 330 g/mol. The minimum atomic E-state index is 0.245. The van der Waals surface area contributed by atoms with Crippen LogP contribution in [0.5, 0.6) is 0 Å². The average Bonchev–Trinajstić information content (AvgIpc) is 2.29. The first kappa shape index (κ1) is 13.8. The summed E-state index contributed by atoms with van der Waals surface area (Å²) in [6, 6.07) is 0. The molecule has 0 radical (unpaired) electrons. The van der Waals surface area contributed by atoms with Crippen molar-refractivity contribution in [3.05, 3.63) is 24.3 Å². The highest BCUT2D eigenvalue weighted by Crippen LogP contribution is 2.32. The van der Waals surface area contributed by atoms with E-state index in [-0.39, 0.29) is 3.42 Å². The maximum Gasteiger partial charge on any atom is 0.140 e. The van der Waals surface area contributed by atoms with Gasteiger partial charge in [0.1, 0.15) is 6.54 Å². The highest BCUT2D eigenvalue weighted by Gasteiger charge is 2.35. The minimum absolute atomic E-state index is 0.245. The lowest BCUT2D eigenvalue weighted by atomic mass is 9.98. The van der Waals surface area contributed by atoms with Crippen LogP contribution in [-0.2, 0) is 0 Å². The van der Waals surface area contributed by atoms with Crippen LogP contribution < -0.4 is 0 Å². The van der Waals surface area contributed by atoms with Crippen LogP contribution in [0.2, 0.25) is 0 Å². The van der Waals surface area contributed by atoms with Crippen molar-refractivity contribution in [2.24, 2.45) is 0 Å². The van der Waals surface area contributed by atoms with E-state index in [2.05, 4.69) is 66.7 Å². The van der Waals surface area contributed by atoms with Gasteiger partial charge in [-0.3, -0.25) is 0 Å². The van der Waals surface area contributed by atoms with Crippen LogP contribution in [-0.4, -0.2) is 34.1 Å². The highest BCUT2D eigenvalue weighted by atomic mass is 127. The second kappa shape index (κ2) is 5.88. The van der Waals surface area contributed by atoms with E-state index in [0.29, 0.717) is 0 Å². The summed E-state index contributed by atoms with van der Waals surface area (Å²) in [6.45, 7) is 8.68. The van der Waals surface area contributed by atoms with Crippen LogP contribution in [0.25, 0.3) is 0 Å². The molecule has 1 atom stereocenters. The number of alkyl halides is 1. The molecule has 1 rings (SSSR count). The van der Waals surface area contributed by atoms with E-state index in [1.807, 2.05) is 0 Å². The molecule has 1 aliphatic rings. The van der Waals surface area contributed by atoms with Crippen LogP contribution in [0.4, 0.5) is 0 Å². The Hall–Kier alpha value is -0.270. The van der Waals surface area contributed by atoms with E-state index in [9.17, 15) is 0 Å². The van der Waals surface area contributed by atoms with Crippen molar-refractivity contribution in [1.29, 1.82) is 0 Å². The molecule has 0 aromatic rings. The van der Waals surface area contributed by atoms with E-state index in [1.165, 1.54) is 0 Å². The van der Waals surface area contributed by atoms with Gasteiger partial charge >= 0.3 is 0 Å². The number of allylic oxidation sites excluding steroid dienone is 3. The Morgan fingerprint density at radius 3 is 2.50 bits per heavy atom. The molecule has 1 aliphatic carbocycles. The Labute approximate surface area is 113 Å². The number of hydrogen-bond acceptors (Lipinski definition) is 0. The molecule has 0 aromatic heterocycles. The number of rotatable bonds is 5. The molecule has 0 aromatic carbocycles. The first-order valence-corrected chi connectivity index (χ1v) is 6.99. The van der Waals surface area contributed by atoms with Gasteiger partial charge in [0.2, 0.25) is 0 Å². The first-order valence-electron chi connectivity index (χ1n) is 5.91. The molecule has 0 saturated heterocycles. The molecule has 0 bridgehead atoms. The molecule has 88 valence electrons. The molecular weight excluding hydrogens is 309 g/mol. The normalized spacial score (nSPS) is 24.4. The number of hydrogen-bond donors (Lipinski definition) is 0. The largest absolute Gasteiger partial charge is 0.313 e. The highest BCUT2D eigenvalue weighted by molar-refractivity contribution is 14.1. The lowest BCUT2D eigenvalue weighted by molar-refractivity contribution is -0.918. The van der Waals surface area contributed by atoms with Crippen molar-refractivity contribution in [2.75, 3.05) is 26.2 Å². The number of halogens is 1. The predicted molar refractivity (Wildman–Crippen MR) is 79.6 cm³/mol. The molecule has 2 heteroatoms. The Kier molecular flexibility index (Phi) is 5.07. The SMILES string of the molecule is C#CC[N+](CC)(CC)CC1(I)C=CC=CC1. The number of terminal acetylenes is 1. The second-order valence-electron chi connectivity index (χ2n) is 4.52. The molecule has 0 fully saturated rings. The number of quaternary nitrogens is 1. The van der Waals surface area contributed by atoms with Crippen molar-refractivity contribution in [3.63, 3.8) is 0 Å². The minimum Gasteiger partial charge on any atom is -0.313 e. The molecule has 0 spiro atoms. The lowest BCUT2D eigenvalue weighted by Gasteiger charge is -2.41. The van der Waals surface area contributed by atoms with Crippen molar-refractivity contribution >= 4 is 22.6 Å². The summed E-state index contributed by atoms with van der Waals surface area (Å²) in [5, 5.41) is 0. The van der Waals surface area contributed by atoms with E-state index >= 15 is 0 Å². The van der Waals surface area contributed by atoms with Crippen LogP contribution in [0.15, 0.2) is 24.3 Å². The van der Waals surface area contributed by atoms with E-state index in [1.54, 1.807) is 0 Å². The van der Waals surface area contributed by atoms with Gasteiger partial charge in [0.15, 0.2) is 0 Å². The first-order chi connectivity index (χ1) is 7.60. The van der Waals surface area contributed by atoms with Crippen molar-refractivity contribution in [2.45, 2.75) is 23.7 Å². The van der Waals surface area contributed by atoms with E-state index in [0.717, 1.165) is 37.1 Å². The van der Waals surface area contributed by atoms with Gasteiger partial charge in [-0.1, -0.05) is 46.9 Å². The van der Waals surface area contributed by atoms with Gasteiger partial charge in [-0.05, 0) is 26.2 Å². The Bertz CT molecular complexity index is 320. The fourth-order valence-electron chi connectivity index (χ4n) is 2.23. The molecule has 16 heavy (non-hydrogen) atoms. The van der Waals surface area contributed by atoms with Crippen molar-refractivity contribution in [1.82, 2.24) is 0 Å². The predicted octanol–water partition coefficient (Wildman–Crippen LogP) is 3.17. The number of nitrogens with zero attached hydrogens (tertiary/aromatic N) is 1. The third-order valence-electron chi connectivity index (χ3n) is 3.47. The van der Waals surface area contributed by atoms with E-state index in [4.69, 9.17) is 6.42 Å². The zero-order chi connectivity index (χ0) is 12.1. The van der Waals surface area contributed by atoms with Crippen molar-refractivity contribution < 1.29 is 4.48 Å². The maximum absolute atomic E-state index is 5.51. The molecule has 0 heterocycles. The molecule has 0 saturated carbocycles. The molecule has 0 aliphatic heterocycles. The Balaban J connectivity index is 2.79. The van der Waals surface area contributed by atoms with Gasteiger partial charge in [0, 0.05) is 0 Å². The summed E-state index contributed by atoms with van der Waals surface area (Å²) in [5.41, 5.74) is 0. The van der Waals surface area contributed by atoms with E-state index < -0.39 is 0 Å². The summed E-state index contributed by atoms with van der Waals surface area (Å²) in [7, 11) is 0. The molecule has 1 nitrogen and oxygen atoms in total. The fraction of sp³-hybridized carbons (Fsp3) is 0.571. The summed E-state index contributed by atoms with van der Waals surface area (Å²) in [5.74, 6) is 2.84. The van der Waals surface area contributed by atoms with Gasteiger partial charge in [0.25, 0.3) is 0 Å². The topological polar surface area (TPSA) is 0 Å².